The Morgan fingerprint density at radius 1 is 0.339 bits per heavy atom. The van der Waals surface area contributed by atoms with E-state index in [4.69, 9.17) is 29.3 Å². The molecule has 0 spiro atoms. The van der Waals surface area contributed by atoms with Crippen LogP contribution in [-0.2, 0) is 0 Å². The fourth-order valence-electron chi connectivity index (χ4n) is 8.33. The SMILES string of the molecule is c1ccc(-c2cccc(-c3cnc4oc5cnc(-c6ccc(-c7nc(-c8ccccc8)nc(-c8ccc(-n9c%10ccccc%10c%10ccccc%109)cc8)n7)cc6)nc5c4c3)c2)cc1. The number of aromatic nitrogens is 7. The maximum absolute atomic E-state index is 6.10. The van der Waals surface area contributed by atoms with Crippen LogP contribution in [0.25, 0.3) is 117 Å². The molecule has 0 unspecified atom stereocenters. The molecule has 0 saturated carbocycles. The van der Waals surface area contributed by atoms with Crippen molar-refractivity contribution >= 4 is 44.0 Å². The van der Waals surface area contributed by atoms with Crippen LogP contribution in [0.5, 0.6) is 0 Å². The monoisotopic (exact) mass is 795 g/mol. The van der Waals surface area contributed by atoms with Gasteiger partial charge in [-0.3, -0.25) is 0 Å². The third-order valence-corrected chi connectivity index (χ3v) is 11.4. The molecule has 0 bridgehead atoms. The average molecular weight is 796 g/mol. The number of benzene rings is 7. The van der Waals surface area contributed by atoms with Gasteiger partial charge in [0.25, 0.3) is 0 Å². The van der Waals surface area contributed by atoms with Gasteiger partial charge in [-0.1, -0.05) is 140 Å². The first-order valence-corrected chi connectivity index (χ1v) is 20.4. The summed E-state index contributed by atoms with van der Waals surface area (Å²) in [5, 5.41) is 3.28. The molecular weight excluding hydrogens is 763 g/mol. The number of nitrogens with zero attached hydrogens (tertiary/aromatic N) is 7. The molecule has 5 aromatic heterocycles. The fourth-order valence-corrected chi connectivity index (χ4v) is 8.33. The largest absolute Gasteiger partial charge is 0.434 e. The van der Waals surface area contributed by atoms with Gasteiger partial charge >= 0.3 is 0 Å². The molecule has 0 aliphatic heterocycles. The third-order valence-electron chi connectivity index (χ3n) is 11.4. The van der Waals surface area contributed by atoms with Crippen molar-refractivity contribution in [3.8, 4) is 73.5 Å². The fraction of sp³-hybridized carbons (Fsp3) is 0. The standard InChI is InChI=1S/C54H33N7O/c1-3-12-34(13-4-1)39-16-11-17-40(30-39)41-31-45-49-48(62-54(45)56-32-41)33-55-50(57-49)36-22-24-37(25-23-36)52-58-51(35-14-5-2-6-15-35)59-53(60-52)38-26-28-42(29-27-38)61-46-20-9-7-18-43(46)44-19-8-10-21-47(44)61/h1-33H. The van der Waals surface area contributed by atoms with Crippen molar-refractivity contribution < 1.29 is 4.42 Å². The minimum absolute atomic E-state index is 0.519. The second kappa shape index (κ2) is 14.6. The number of pyridine rings is 1. The lowest BCUT2D eigenvalue weighted by Gasteiger charge is -2.11. The average Bonchev–Trinajstić information content (AvgIpc) is 3.89. The molecule has 0 N–H and O–H groups in total. The van der Waals surface area contributed by atoms with Gasteiger partial charge in [-0.05, 0) is 65.2 Å². The zero-order valence-corrected chi connectivity index (χ0v) is 33.1. The molecule has 0 fully saturated rings. The smallest absolute Gasteiger partial charge is 0.229 e. The van der Waals surface area contributed by atoms with Gasteiger partial charge in [-0.2, -0.15) is 0 Å². The highest BCUT2D eigenvalue weighted by Crippen LogP contribution is 2.35. The van der Waals surface area contributed by atoms with Gasteiger partial charge in [0, 0.05) is 50.5 Å². The molecule has 0 atom stereocenters. The van der Waals surface area contributed by atoms with Crippen molar-refractivity contribution in [1.82, 2.24) is 34.5 Å². The lowest BCUT2D eigenvalue weighted by Crippen LogP contribution is -2.00. The number of furan rings is 1. The van der Waals surface area contributed by atoms with Crippen LogP contribution in [-0.4, -0.2) is 34.5 Å². The van der Waals surface area contributed by atoms with Gasteiger partial charge < -0.3 is 8.98 Å². The Balaban J connectivity index is 0.886. The Hall–Kier alpha value is -8.62. The van der Waals surface area contributed by atoms with Crippen LogP contribution in [0.3, 0.4) is 0 Å². The summed E-state index contributed by atoms with van der Waals surface area (Å²) < 4.78 is 8.41. The summed E-state index contributed by atoms with van der Waals surface area (Å²) in [4.78, 5) is 29.4. The predicted octanol–water partition coefficient (Wildman–Crippen LogP) is 13.1. The molecule has 0 radical (unpaired) electrons. The Bertz CT molecular complexity index is 3570. The van der Waals surface area contributed by atoms with Gasteiger partial charge in [0.05, 0.1) is 22.6 Å². The molecule has 8 nitrogen and oxygen atoms in total. The Labute approximate surface area is 355 Å². The maximum Gasteiger partial charge on any atom is 0.229 e. The van der Waals surface area contributed by atoms with Crippen LogP contribution in [0.2, 0.25) is 0 Å². The summed E-state index contributed by atoms with van der Waals surface area (Å²) in [6.45, 7) is 0. The van der Waals surface area contributed by atoms with Crippen LogP contribution in [0, 0.1) is 0 Å². The summed E-state index contributed by atoms with van der Waals surface area (Å²) in [6.07, 6.45) is 3.57. The molecule has 12 aromatic rings. The van der Waals surface area contributed by atoms with Gasteiger partial charge in [0.15, 0.2) is 28.9 Å². The van der Waals surface area contributed by atoms with E-state index in [0.717, 1.165) is 66.6 Å². The van der Waals surface area contributed by atoms with E-state index in [1.54, 1.807) is 6.20 Å². The van der Waals surface area contributed by atoms with Crippen molar-refractivity contribution in [2.45, 2.75) is 0 Å². The molecule has 0 saturated heterocycles. The minimum Gasteiger partial charge on any atom is -0.434 e. The van der Waals surface area contributed by atoms with Crippen molar-refractivity contribution in [1.29, 1.82) is 0 Å². The van der Waals surface area contributed by atoms with Crippen LogP contribution >= 0.6 is 0 Å². The van der Waals surface area contributed by atoms with Crippen LogP contribution < -0.4 is 0 Å². The van der Waals surface area contributed by atoms with Gasteiger partial charge in [-0.25, -0.2) is 29.9 Å². The van der Waals surface area contributed by atoms with Crippen LogP contribution in [0.1, 0.15) is 0 Å². The van der Waals surface area contributed by atoms with E-state index in [1.165, 1.54) is 10.8 Å². The van der Waals surface area contributed by atoms with E-state index in [-0.39, 0.29) is 0 Å². The predicted molar refractivity (Wildman–Crippen MR) is 247 cm³/mol. The molecule has 12 rings (SSSR count). The highest BCUT2D eigenvalue weighted by atomic mass is 16.3. The molecular formula is C54H33N7O. The first-order chi connectivity index (χ1) is 30.7. The Morgan fingerprint density at radius 3 is 1.47 bits per heavy atom. The molecule has 0 aliphatic rings. The normalized spacial score (nSPS) is 11.5. The van der Waals surface area contributed by atoms with E-state index in [1.807, 2.05) is 66.9 Å². The van der Waals surface area contributed by atoms with Crippen LogP contribution in [0.15, 0.2) is 205 Å². The highest BCUT2D eigenvalue weighted by Gasteiger charge is 2.17. The van der Waals surface area contributed by atoms with E-state index in [2.05, 4.69) is 137 Å². The molecule has 62 heavy (non-hydrogen) atoms. The quantitative estimate of drug-likeness (QED) is 0.158. The zero-order valence-electron chi connectivity index (χ0n) is 33.1. The first kappa shape index (κ1) is 35.3. The summed E-state index contributed by atoms with van der Waals surface area (Å²) in [7, 11) is 0. The molecule has 8 heteroatoms. The number of hydrogen-bond donors (Lipinski definition) is 0. The Kier molecular flexibility index (Phi) is 8.31. The van der Waals surface area contributed by atoms with Crippen LogP contribution in [0.4, 0.5) is 0 Å². The lowest BCUT2D eigenvalue weighted by molar-refractivity contribution is 0.651. The molecule has 5 heterocycles. The van der Waals surface area contributed by atoms with E-state index in [9.17, 15) is 0 Å². The molecule has 0 aliphatic carbocycles. The third kappa shape index (κ3) is 6.17. The van der Waals surface area contributed by atoms with Crippen molar-refractivity contribution in [3.05, 3.63) is 200 Å². The lowest BCUT2D eigenvalue weighted by atomic mass is 9.99. The summed E-state index contributed by atoms with van der Waals surface area (Å²) in [5.41, 5.74) is 13.0. The van der Waals surface area contributed by atoms with E-state index in [0.29, 0.717) is 40.1 Å². The first-order valence-electron chi connectivity index (χ1n) is 20.4. The minimum atomic E-state index is 0.519. The molecule has 0 amide bonds. The van der Waals surface area contributed by atoms with Gasteiger partial charge in [0.2, 0.25) is 5.71 Å². The number of fused-ring (bicyclic) bond motifs is 6. The maximum atomic E-state index is 6.10. The highest BCUT2D eigenvalue weighted by molar-refractivity contribution is 6.09. The molecule has 7 aromatic carbocycles. The second-order valence-electron chi connectivity index (χ2n) is 15.2. The van der Waals surface area contributed by atoms with Crippen molar-refractivity contribution in [2.24, 2.45) is 0 Å². The summed E-state index contributed by atoms with van der Waals surface area (Å²) in [6, 6.07) is 64.5. The second-order valence-corrected chi connectivity index (χ2v) is 15.2. The topological polar surface area (TPSA) is 95.4 Å². The van der Waals surface area contributed by atoms with Crippen molar-refractivity contribution in [3.63, 3.8) is 0 Å². The Morgan fingerprint density at radius 2 is 0.839 bits per heavy atom. The van der Waals surface area contributed by atoms with E-state index < -0.39 is 0 Å². The van der Waals surface area contributed by atoms with Gasteiger partial charge in [0.1, 0.15) is 5.52 Å². The van der Waals surface area contributed by atoms with Gasteiger partial charge in [-0.15, -0.1) is 0 Å². The number of para-hydroxylation sites is 2. The number of hydrogen-bond acceptors (Lipinski definition) is 7. The molecule has 290 valence electrons. The summed E-state index contributed by atoms with van der Waals surface area (Å²) >= 11 is 0. The zero-order chi connectivity index (χ0) is 41.0. The summed E-state index contributed by atoms with van der Waals surface area (Å²) in [5.74, 6) is 2.33. The van der Waals surface area contributed by atoms with Crippen molar-refractivity contribution in [2.75, 3.05) is 0 Å². The van der Waals surface area contributed by atoms with E-state index >= 15 is 0 Å². The number of rotatable bonds is 7.